The van der Waals surface area contributed by atoms with Gasteiger partial charge in [0.15, 0.2) is 5.78 Å². The van der Waals surface area contributed by atoms with Gasteiger partial charge in [-0.1, -0.05) is 23.3 Å². The van der Waals surface area contributed by atoms with E-state index in [1.54, 1.807) is 48.5 Å². The van der Waals surface area contributed by atoms with E-state index in [2.05, 4.69) is 20.3 Å². The van der Waals surface area contributed by atoms with E-state index in [1.807, 2.05) is 0 Å². The van der Waals surface area contributed by atoms with E-state index in [-0.39, 0.29) is 5.78 Å². The van der Waals surface area contributed by atoms with Crippen LogP contribution in [0.4, 0.5) is 17.1 Å². The van der Waals surface area contributed by atoms with Gasteiger partial charge in [-0.2, -0.15) is 10.2 Å². The van der Waals surface area contributed by atoms with Crippen LogP contribution in [0.2, 0.25) is 0 Å². The highest BCUT2D eigenvalue weighted by molar-refractivity contribution is 5.94. The van der Waals surface area contributed by atoms with Gasteiger partial charge in [-0.25, -0.2) is 0 Å². The van der Waals surface area contributed by atoms with Crippen LogP contribution in [0.25, 0.3) is 10.4 Å². The number of nitrogens with zero attached hydrogens (tertiary/aromatic N) is 5. The lowest BCUT2D eigenvalue weighted by molar-refractivity contribution is 0.101. The molecule has 2 aromatic carbocycles. The Morgan fingerprint density at radius 1 is 1.00 bits per heavy atom. The fourth-order valence-electron chi connectivity index (χ4n) is 1.56. The summed E-state index contributed by atoms with van der Waals surface area (Å²) in [5.74, 6) is 0.00203. The third-order valence-corrected chi connectivity index (χ3v) is 2.58. The van der Waals surface area contributed by atoms with Crippen molar-refractivity contribution < 1.29 is 4.79 Å². The zero-order valence-corrected chi connectivity index (χ0v) is 10.8. The van der Waals surface area contributed by atoms with Crippen molar-refractivity contribution in [1.29, 1.82) is 0 Å². The largest absolute Gasteiger partial charge is 0.295 e. The van der Waals surface area contributed by atoms with E-state index in [4.69, 9.17) is 5.53 Å². The maximum Gasteiger partial charge on any atom is 0.159 e. The topological polar surface area (TPSA) is 90.5 Å². The Bertz CT molecular complexity index is 700. The normalized spacial score (nSPS) is 10.2. The first-order valence-electron chi connectivity index (χ1n) is 5.87. The van der Waals surface area contributed by atoms with Gasteiger partial charge in [0.25, 0.3) is 0 Å². The molecule has 2 rings (SSSR count). The molecule has 6 heteroatoms. The van der Waals surface area contributed by atoms with Crippen LogP contribution in [0.1, 0.15) is 17.3 Å². The number of ketones is 1. The average Bonchev–Trinajstić information content (AvgIpc) is 2.47. The molecular weight excluding hydrogens is 254 g/mol. The molecule has 0 N–H and O–H groups in total. The van der Waals surface area contributed by atoms with Gasteiger partial charge in [0, 0.05) is 10.5 Å². The van der Waals surface area contributed by atoms with Crippen molar-refractivity contribution in [3.05, 3.63) is 64.5 Å². The summed E-state index contributed by atoms with van der Waals surface area (Å²) < 4.78 is 0. The molecule has 0 aliphatic heterocycles. The molecular formula is C14H11N5O. The van der Waals surface area contributed by atoms with Gasteiger partial charge < -0.3 is 0 Å². The highest BCUT2D eigenvalue weighted by Gasteiger charge is 1.99. The van der Waals surface area contributed by atoms with Crippen molar-refractivity contribution in [3.63, 3.8) is 0 Å². The zero-order valence-electron chi connectivity index (χ0n) is 10.8. The summed E-state index contributed by atoms with van der Waals surface area (Å²) in [7, 11) is 0. The number of rotatable bonds is 4. The van der Waals surface area contributed by atoms with Crippen LogP contribution in [0.15, 0.2) is 63.9 Å². The Morgan fingerprint density at radius 3 is 2.25 bits per heavy atom. The monoisotopic (exact) mass is 265 g/mol. The SMILES string of the molecule is CC(=O)c1ccc(N=Nc2ccccc2N=[N+]=[N-])cc1. The molecule has 0 saturated carbocycles. The molecule has 0 aliphatic carbocycles. The van der Waals surface area contributed by atoms with Crippen molar-refractivity contribution in [2.24, 2.45) is 15.3 Å². The summed E-state index contributed by atoms with van der Waals surface area (Å²) in [5, 5.41) is 11.6. The van der Waals surface area contributed by atoms with Crippen LogP contribution in [0.5, 0.6) is 0 Å². The lowest BCUT2D eigenvalue weighted by atomic mass is 10.1. The minimum absolute atomic E-state index is 0.00203. The van der Waals surface area contributed by atoms with Crippen LogP contribution in [-0.2, 0) is 0 Å². The van der Waals surface area contributed by atoms with Crippen LogP contribution in [0.3, 0.4) is 0 Å². The highest BCUT2D eigenvalue weighted by Crippen LogP contribution is 2.29. The Balaban J connectivity index is 2.25. The lowest BCUT2D eigenvalue weighted by Gasteiger charge is -1.98. The van der Waals surface area contributed by atoms with Gasteiger partial charge in [-0.3, -0.25) is 4.79 Å². The maximum absolute atomic E-state index is 11.2. The molecule has 0 saturated heterocycles. The number of carbonyl (C=O) groups excluding carboxylic acids is 1. The van der Waals surface area contributed by atoms with Crippen molar-refractivity contribution in [2.45, 2.75) is 6.92 Å². The predicted octanol–water partition coefficient (Wildman–Crippen LogP) is 5.25. The molecule has 0 aliphatic rings. The van der Waals surface area contributed by atoms with Crippen LogP contribution in [0, 0.1) is 0 Å². The molecule has 98 valence electrons. The van der Waals surface area contributed by atoms with Crippen LogP contribution >= 0.6 is 0 Å². The maximum atomic E-state index is 11.2. The lowest BCUT2D eigenvalue weighted by Crippen LogP contribution is -1.89. The summed E-state index contributed by atoms with van der Waals surface area (Å²) in [5.41, 5.74) is 10.6. The second-order valence-electron chi connectivity index (χ2n) is 3.98. The minimum Gasteiger partial charge on any atom is -0.295 e. The van der Waals surface area contributed by atoms with E-state index in [0.29, 0.717) is 22.6 Å². The molecule has 0 aromatic heterocycles. The van der Waals surface area contributed by atoms with Crippen LogP contribution < -0.4 is 0 Å². The standard InChI is InChI=1S/C14H11N5O/c1-10(20)11-6-8-12(9-7-11)16-17-13-4-2-3-5-14(13)18-19-15/h2-9H,1H3. The predicted molar refractivity (Wildman–Crippen MR) is 75.9 cm³/mol. The molecule has 6 nitrogen and oxygen atoms in total. The number of Topliss-reactive ketones (excluding diaryl/α,β-unsaturated/α-hetero) is 1. The molecule has 20 heavy (non-hydrogen) atoms. The van der Waals surface area contributed by atoms with Crippen molar-refractivity contribution in [1.82, 2.24) is 0 Å². The number of azo groups is 1. The molecule has 0 unspecified atom stereocenters. The van der Waals surface area contributed by atoms with Gasteiger partial charge in [-0.15, -0.1) is 0 Å². The number of hydrogen-bond acceptors (Lipinski definition) is 4. The summed E-state index contributed by atoms with van der Waals surface area (Å²) in [6.45, 7) is 1.51. The van der Waals surface area contributed by atoms with Gasteiger partial charge in [0.1, 0.15) is 0 Å². The smallest absolute Gasteiger partial charge is 0.159 e. The number of carbonyl (C=O) groups is 1. The third kappa shape index (κ3) is 3.28. The zero-order chi connectivity index (χ0) is 14.4. The quantitative estimate of drug-likeness (QED) is 0.321. The van der Waals surface area contributed by atoms with E-state index >= 15 is 0 Å². The van der Waals surface area contributed by atoms with E-state index in [1.165, 1.54) is 6.92 Å². The summed E-state index contributed by atoms with van der Waals surface area (Å²) >= 11 is 0. The fourth-order valence-corrected chi connectivity index (χ4v) is 1.56. The first-order valence-corrected chi connectivity index (χ1v) is 5.87. The average molecular weight is 265 g/mol. The second kappa shape index (κ2) is 6.26. The Labute approximate surface area is 115 Å². The number of benzene rings is 2. The molecule has 0 heterocycles. The highest BCUT2D eigenvalue weighted by atomic mass is 16.1. The van der Waals surface area contributed by atoms with E-state index in [9.17, 15) is 4.79 Å². The summed E-state index contributed by atoms with van der Waals surface area (Å²) in [6, 6.07) is 13.7. The van der Waals surface area contributed by atoms with Gasteiger partial charge in [0.05, 0.1) is 17.1 Å². The first-order chi connectivity index (χ1) is 9.70. The third-order valence-electron chi connectivity index (χ3n) is 2.58. The second-order valence-corrected chi connectivity index (χ2v) is 3.98. The van der Waals surface area contributed by atoms with E-state index in [0.717, 1.165) is 0 Å². The fraction of sp³-hybridized carbons (Fsp3) is 0.0714. The van der Waals surface area contributed by atoms with Crippen molar-refractivity contribution in [2.75, 3.05) is 0 Å². The number of hydrogen-bond donors (Lipinski definition) is 0. The molecule has 0 amide bonds. The molecule has 0 atom stereocenters. The van der Waals surface area contributed by atoms with Crippen molar-refractivity contribution in [3.8, 4) is 0 Å². The Hall–Kier alpha value is -2.98. The van der Waals surface area contributed by atoms with Gasteiger partial charge >= 0.3 is 0 Å². The van der Waals surface area contributed by atoms with Gasteiger partial charge in [-0.05, 0) is 42.8 Å². The molecule has 2 aromatic rings. The minimum atomic E-state index is 0.00203. The van der Waals surface area contributed by atoms with Crippen LogP contribution in [-0.4, -0.2) is 5.78 Å². The van der Waals surface area contributed by atoms with Gasteiger partial charge in [0.2, 0.25) is 0 Å². The number of azide groups is 1. The summed E-state index contributed by atoms with van der Waals surface area (Å²) in [4.78, 5) is 13.9. The molecule has 0 bridgehead atoms. The Kier molecular flexibility index (Phi) is 4.21. The molecule has 0 fully saturated rings. The Morgan fingerprint density at radius 2 is 1.65 bits per heavy atom. The summed E-state index contributed by atoms with van der Waals surface area (Å²) in [6.07, 6.45) is 0. The first kappa shape index (κ1) is 13.5. The van der Waals surface area contributed by atoms with E-state index < -0.39 is 0 Å². The molecule has 0 radical (unpaired) electrons. The molecule has 0 spiro atoms. The van der Waals surface area contributed by atoms with Crippen molar-refractivity contribution >= 4 is 22.8 Å².